The van der Waals surface area contributed by atoms with E-state index in [9.17, 15) is 14.4 Å². The number of H-pyrrole nitrogens is 3. The predicted octanol–water partition coefficient (Wildman–Crippen LogP) is 18.1. The molecule has 0 spiro atoms. The van der Waals surface area contributed by atoms with Crippen LogP contribution in [0.15, 0.2) is 171 Å². The summed E-state index contributed by atoms with van der Waals surface area (Å²) >= 11 is 39.8. The summed E-state index contributed by atoms with van der Waals surface area (Å²) in [4.78, 5) is 71.7. The number of likely N-dealkylation sites (N-methyl/N-ethyl adjacent to an activating group) is 3. The van der Waals surface area contributed by atoms with E-state index in [0.717, 1.165) is 86.9 Å². The molecule has 0 aliphatic rings. The molecule has 0 atom stereocenters. The van der Waals surface area contributed by atoms with Gasteiger partial charge in [0.15, 0.2) is 0 Å². The van der Waals surface area contributed by atoms with Gasteiger partial charge in [0.25, 0.3) is 0 Å². The van der Waals surface area contributed by atoms with E-state index >= 15 is 0 Å². The number of hydrogen-bond donors (Lipinski definition) is 8. The van der Waals surface area contributed by atoms with E-state index in [2.05, 4.69) is 96.2 Å². The van der Waals surface area contributed by atoms with Gasteiger partial charge in [-0.15, -0.1) is 0 Å². The molecule has 8 heterocycles. The van der Waals surface area contributed by atoms with Crippen LogP contribution >= 0.6 is 81.2 Å². The summed E-state index contributed by atoms with van der Waals surface area (Å²) in [5.41, 5.74) is 15.1. The van der Waals surface area contributed by atoms with Crippen molar-refractivity contribution in [2.45, 2.75) is 79.1 Å². The quantitative estimate of drug-likeness (QED) is 0.00877. The predicted molar refractivity (Wildman–Crippen MR) is 466 cm³/mol. The molecule has 4 aromatic carbocycles. The Hall–Kier alpha value is -11.1. The Morgan fingerprint density at radius 2 is 0.748 bits per heavy atom. The zero-order chi connectivity index (χ0) is 87.4. The van der Waals surface area contributed by atoms with Crippen LogP contribution in [0.5, 0.6) is 11.8 Å². The van der Waals surface area contributed by atoms with Gasteiger partial charge in [-0.3, -0.25) is 15.3 Å². The Balaban J connectivity index is 0.000000227. The third-order valence-corrected chi connectivity index (χ3v) is 15.4. The first-order valence-corrected chi connectivity index (χ1v) is 38.7. The Bertz CT molecular complexity index is 4930. The standard InChI is InChI=1S/C22H27ClN6O3.C17H19ClN6O.C13H9Cl2N5.C10H18O5.C9H9N3.C4HCl3N2.C4H11NO/c1-22(2,3)32-21(30)29-14-16(13-24-29)15-6-8-17(9-7-15)25-18-12-19(27-20(23)26-18)31-11-10-28(4)5;1-24(2)7-8-25-16-9-15(22-17(18)23-16)21-14-5-3-12(4-6-14)13-10-19-20-11-13;14-11-5-12(20-13(15)19-11)18-10-3-1-8(2-4-10)9-6-16-17-7-9;1-9(2,3)14-7(11)13-8(12)15-10(4,5)6;10-9-3-1-7(2-4-9)8-5-11-12-6-8;5-2-1-3(6)9-4(7)8-2;1-5(2)3-4-6/h6-9,12-14H,10-11H2,1-5H3,(H,25,26,27);3-6,9-11H,7-8H2,1-2H3,(H,19,20)(H,21,22,23);1-7H,(H,16,17)(H,18,19,20);1-6H3;1-6H,10H2,(H,11,12);1H;6H,3-4H2,1-2H3. The molecule has 0 saturated carbocycles. The fourth-order valence-electron chi connectivity index (χ4n) is 8.83. The molecule has 33 nitrogen and oxygen atoms in total. The van der Waals surface area contributed by atoms with Crippen molar-refractivity contribution in [2.75, 3.05) is 103 Å². The second-order valence-electron chi connectivity index (χ2n) is 28.6. The summed E-state index contributed by atoms with van der Waals surface area (Å²) in [6, 6.07) is 37.5. The molecule has 0 amide bonds. The summed E-state index contributed by atoms with van der Waals surface area (Å²) in [6.07, 6.45) is 11.5. The maximum Gasteiger partial charge on any atom is 0.519 e. The van der Waals surface area contributed by atoms with Crippen LogP contribution in [0.25, 0.3) is 44.5 Å². The van der Waals surface area contributed by atoms with Gasteiger partial charge in [0.05, 0.1) is 31.4 Å². The van der Waals surface area contributed by atoms with E-state index in [0.29, 0.717) is 47.6 Å². The topological polar surface area (TPSA) is 406 Å². The van der Waals surface area contributed by atoms with E-state index in [-0.39, 0.29) is 38.0 Å². The minimum absolute atomic E-state index is 0.0625. The molecule has 12 aromatic rings. The first-order valence-electron chi connectivity index (χ1n) is 36.0. The highest BCUT2D eigenvalue weighted by Gasteiger charge is 2.25. The third-order valence-electron chi connectivity index (χ3n) is 14.1. The second-order valence-corrected chi connectivity index (χ2v) is 31.1. The minimum Gasteiger partial charge on any atom is -0.476 e. The maximum absolute atomic E-state index is 12.1. The molecule has 12 rings (SSSR count). The van der Waals surface area contributed by atoms with E-state index in [4.69, 9.17) is 116 Å². The number of nitrogens with two attached hydrogens (primary N) is 1. The number of halogens is 7. The first-order chi connectivity index (χ1) is 56.2. The van der Waals surface area contributed by atoms with Crippen LogP contribution in [0.3, 0.4) is 0 Å². The smallest absolute Gasteiger partial charge is 0.476 e. The summed E-state index contributed by atoms with van der Waals surface area (Å²) in [7, 11) is 11.8. The Morgan fingerprint density at radius 3 is 1.06 bits per heavy atom. The molecular formula is C79H94Cl7N23O10. The van der Waals surface area contributed by atoms with Crippen LogP contribution in [-0.4, -0.2) is 217 Å². The number of rotatable bonds is 20. The molecule has 9 N–H and O–H groups in total. The number of aromatic nitrogens is 16. The number of nitrogen functional groups attached to an aromatic ring is 1. The summed E-state index contributed by atoms with van der Waals surface area (Å²) in [6.45, 7) is 19.0. The molecule has 0 fully saturated rings. The van der Waals surface area contributed by atoms with Crippen LogP contribution in [0.4, 0.5) is 54.6 Å². The van der Waals surface area contributed by atoms with Crippen LogP contribution in [0.1, 0.15) is 62.3 Å². The summed E-state index contributed by atoms with van der Waals surface area (Å²) in [5.74, 6) is 2.50. The van der Waals surface area contributed by atoms with Crippen molar-refractivity contribution in [3.05, 3.63) is 207 Å². The molecular weight excluding hydrogens is 1680 g/mol. The van der Waals surface area contributed by atoms with E-state index in [1.165, 1.54) is 10.7 Å². The van der Waals surface area contributed by atoms with Crippen LogP contribution in [0, 0.1) is 0 Å². The molecule has 0 bridgehead atoms. The van der Waals surface area contributed by atoms with Gasteiger partial charge in [0, 0.05) is 114 Å². The molecule has 0 unspecified atom stereocenters. The molecule has 119 heavy (non-hydrogen) atoms. The van der Waals surface area contributed by atoms with Crippen LogP contribution in [0.2, 0.25) is 36.6 Å². The lowest BCUT2D eigenvalue weighted by Gasteiger charge is -2.20. The number of nitrogens with one attached hydrogen (secondary N) is 6. The lowest BCUT2D eigenvalue weighted by molar-refractivity contribution is -0.0294. The largest absolute Gasteiger partial charge is 0.519 e. The molecule has 0 aliphatic heterocycles. The van der Waals surface area contributed by atoms with Gasteiger partial charge in [-0.25, -0.2) is 44.3 Å². The number of anilines is 7. The maximum atomic E-state index is 12.1. The van der Waals surface area contributed by atoms with Crippen molar-refractivity contribution >= 4 is 140 Å². The van der Waals surface area contributed by atoms with Gasteiger partial charge in [-0.1, -0.05) is 83.3 Å². The number of aliphatic hydroxyl groups is 1. The number of benzene rings is 4. The minimum atomic E-state index is -1.06. The fraction of sp³-hybridized carbons (Fsp3) is 0.304. The average Bonchev–Trinajstić information content (AvgIpc) is 1.77. The Kier molecular flexibility index (Phi) is 39.1. The van der Waals surface area contributed by atoms with Crippen molar-refractivity contribution < 1.29 is 47.9 Å². The van der Waals surface area contributed by atoms with Gasteiger partial charge in [-0.05, 0) is 222 Å². The zero-order valence-electron chi connectivity index (χ0n) is 67.9. The number of aliphatic hydroxyl groups excluding tert-OH is 1. The lowest BCUT2D eigenvalue weighted by atomic mass is 10.1. The number of aromatic amines is 3. The summed E-state index contributed by atoms with van der Waals surface area (Å²) in [5, 5.41) is 43.1. The number of carbonyl (C=O) groups is 3. The van der Waals surface area contributed by atoms with Crippen molar-refractivity contribution in [2.24, 2.45) is 0 Å². The van der Waals surface area contributed by atoms with E-state index < -0.39 is 35.2 Å². The molecule has 40 heteroatoms. The number of carbonyl (C=O) groups excluding carboxylic acids is 3. The molecule has 8 aromatic heterocycles. The number of ether oxygens (including phenoxy) is 6. The Labute approximate surface area is 724 Å². The third kappa shape index (κ3) is 39.4. The first kappa shape index (κ1) is 96.8. The van der Waals surface area contributed by atoms with Crippen LogP contribution < -0.4 is 31.2 Å². The Morgan fingerprint density at radius 1 is 0.420 bits per heavy atom. The number of hydrogen-bond acceptors (Lipinski definition) is 29. The van der Waals surface area contributed by atoms with Crippen molar-refractivity contribution in [3.63, 3.8) is 0 Å². The lowest BCUT2D eigenvalue weighted by Crippen LogP contribution is -2.29. The summed E-state index contributed by atoms with van der Waals surface area (Å²) < 4.78 is 31.6. The normalized spacial score (nSPS) is 10.9. The van der Waals surface area contributed by atoms with Crippen LogP contribution in [-0.2, 0) is 18.9 Å². The SMILES string of the molecule is CC(C)(C)OC(=O)OC(=O)OC(C)(C)C.CN(C)CCO.CN(C)CCOc1cc(Nc2ccc(-c3cn[nH]c3)cc2)nc(Cl)n1.CN(C)CCOc1cc(Nc2ccc(-c3cnn(C(=O)OC(C)(C)C)c3)cc2)nc(Cl)n1.Clc1cc(Cl)nc(Cl)n1.Clc1cc(Nc2ccc(-c3cn[nH]c3)cc2)nc(Cl)n1.Nc1ccc(-c2cn[nH]c2)cc1. The molecule has 634 valence electrons. The average molecular weight is 1770 g/mol. The van der Waals surface area contributed by atoms with Gasteiger partial charge < -0.3 is 69.9 Å². The van der Waals surface area contributed by atoms with E-state index in [1.807, 2.05) is 193 Å². The highest BCUT2D eigenvalue weighted by molar-refractivity contribution is 6.35. The highest BCUT2D eigenvalue weighted by Crippen LogP contribution is 2.29. The fourth-order valence-corrected chi connectivity index (χ4v) is 10.3. The van der Waals surface area contributed by atoms with Gasteiger partial charge in [-0.2, -0.15) is 35.0 Å². The van der Waals surface area contributed by atoms with Gasteiger partial charge in [0.1, 0.15) is 62.9 Å². The molecule has 0 radical (unpaired) electrons. The second kappa shape index (κ2) is 48.1. The number of nitrogens with zero attached hydrogens (tertiary/aromatic N) is 16. The van der Waals surface area contributed by atoms with Crippen molar-refractivity contribution in [3.8, 4) is 56.3 Å². The van der Waals surface area contributed by atoms with Gasteiger partial charge >= 0.3 is 18.4 Å². The monoisotopic (exact) mass is 1770 g/mol. The molecule has 0 saturated heterocycles. The highest BCUT2D eigenvalue weighted by atomic mass is 35.5. The van der Waals surface area contributed by atoms with E-state index in [1.54, 1.807) is 90.7 Å². The van der Waals surface area contributed by atoms with Crippen molar-refractivity contribution in [1.82, 2.24) is 94.9 Å². The zero-order valence-corrected chi connectivity index (χ0v) is 73.2. The molecule has 0 aliphatic carbocycles. The van der Waals surface area contributed by atoms with Gasteiger partial charge in [0.2, 0.25) is 32.9 Å². The van der Waals surface area contributed by atoms with Crippen molar-refractivity contribution in [1.29, 1.82) is 0 Å².